The van der Waals surface area contributed by atoms with E-state index >= 15 is 0 Å². The number of carbonyl (C=O) groups is 1. The molecule has 2 N–H and O–H groups in total. The summed E-state index contributed by atoms with van der Waals surface area (Å²) in [4.78, 5) is 24.5. The molecule has 2 aromatic heterocycles. The van der Waals surface area contributed by atoms with Crippen LogP contribution in [0.25, 0.3) is 10.9 Å². The number of unbranched alkanes of at least 4 members (excludes halogenated alkanes) is 1. The number of ether oxygens (including phenoxy) is 1. The van der Waals surface area contributed by atoms with E-state index in [-0.39, 0.29) is 5.91 Å². The number of para-hydroxylation sites is 1. The summed E-state index contributed by atoms with van der Waals surface area (Å²) in [6, 6.07) is 12.6. The predicted molar refractivity (Wildman–Crippen MR) is 127 cm³/mol. The second kappa shape index (κ2) is 9.61. The Kier molecular flexibility index (Phi) is 6.25. The Hall–Kier alpha value is -3.06. The largest absolute Gasteiger partial charge is 0.478 e. The number of carbonyl (C=O) groups excluding carboxylic acids is 1. The number of aromatic nitrogens is 2. The third kappa shape index (κ3) is 4.72. The molecular formula is C25H31N5O2. The number of rotatable bonds is 7. The number of nitrogens with one attached hydrogen (secondary N) is 2. The lowest BCUT2D eigenvalue weighted by Gasteiger charge is -2.24. The number of aryl methyl sites for hydroxylation is 1. The van der Waals surface area contributed by atoms with Crippen molar-refractivity contribution in [3.05, 3.63) is 48.2 Å². The van der Waals surface area contributed by atoms with Crippen molar-refractivity contribution in [1.82, 2.24) is 14.9 Å². The van der Waals surface area contributed by atoms with Gasteiger partial charge in [-0.25, -0.2) is 0 Å². The molecule has 0 unspecified atom stereocenters. The third-order valence-electron chi connectivity index (χ3n) is 6.45. The van der Waals surface area contributed by atoms with Gasteiger partial charge >= 0.3 is 0 Å². The van der Waals surface area contributed by atoms with Crippen LogP contribution in [-0.2, 0) is 11.2 Å². The first-order valence-electron chi connectivity index (χ1n) is 11.7. The Morgan fingerprint density at radius 1 is 1.00 bits per heavy atom. The van der Waals surface area contributed by atoms with Gasteiger partial charge < -0.3 is 24.8 Å². The normalized spacial score (nSPS) is 17.1. The highest BCUT2D eigenvalue weighted by Crippen LogP contribution is 2.26. The van der Waals surface area contributed by atoms with Gasteiger partial charge in [0.2, 0.25) is 11.8 Å². The summed E-state index contributed by atoms with van der Waals surface area (Å²) < 4.78 is 5.84. The summed E-state index contributed by atoms with van der Waals surface area (Å²) in [7, 11) is 0. The van der Waals surface area contributed by atoms with E-state index in [1.807, 2.05) is 18.3 Å². The van der Waals surface area contributed by atoms with Crippen molar-refractivity contribution >= 4 is 28.3 Å². The van der Waals surface area contributed by atoms with E-state index in [9.17, 15) is 4.79 Å². The molecule has 7 heteroatoms. The van der Waals surface area contributed by atoms with Crippen LogP contribution in [0.3, 0.4) is 0 Å². The van der Waals surface area contributed by atoms with Crippen LogP contribution in [0, 0.1) is 0 Å². The van der Waals surface area contributed by atoms with E-state index in [1.165, 1.54) is 23.0 Å². The Morgan fingerprint density at radius 3 is 2.94 bits per heavy atom. The molecule has 0 radical (unpaired) electrons. The monoisotopic (exact) mass is 433 g/mol. The molecule has 1 fully saturated rings. The Bertz CT molecular complexity index is 1080. The first-order chi connectivity index (χ1) is 15.8. The number of fused-ring (bicyclic) bond motifs is 2. The van der Waals surface area contributed by atoms with Crippen LogP contribution in [-0.4, -0.2) is 60.1 Å². The molecule has 32 heavy (non-hydrogen) atoms. The smallest absolute Gasteiger partial charge is 0.225 e. The molecule has 168 valence electrons. The molecule has 1 aromatic carbocycles. The van der Waals surface area contributed by atoms with Crippen molar-refractivity contribution in [2.75, 3.05) is 49.5 Å². The van der Waals surface area contributed by atoms with Gasteiger partial charge in [0.1, 0.15) is 5.82 Å². The van der Waals surface area contributed by atoms with Crippen LogP contribution in [0.2, 0.25) is 0 Å². The van der Waals surface area contributed by atoms with E-state index in [4.69, 9.17) is 4.74 Å². The number of amides is 1. The number of aromatic amines is 1. The van der Waals surface area contributed by atoms with Gasteiger partial charge in [0.15, 0.2) is 0 Å². The van der Waals surface area contributed by atoms with Crippen molar-refractivity contribution in [2.24, 2.45) is 0 Å². The van der Waals surface area contributed by atoms with E-state index in [0.717, 1.165) is 57.5 Å². The van der Waals surface area contributed by atoms with Crippen molar-refractivity contribution in [3.8, 4) is 5.88 Å². The molecule has 2 aliphatic rings. The molecule has 5 rings (SSSR count). The lowest BCUT2D eigenvalue weighted by atomic mass is 10.1. The second-order valence-electron chi connectivity index (χ2n) is 8.66. The molecule has 0 aliphatic carbocycles. The zero-order valence-corrected chi connectivity index (χ0v) is 18.5. The van der Waals surface area contributed by atoms with Crippen molar-refractivity contribution in [3.63, 3.8) is 0 Å². The maximum atomic E-state index is 11.6. The zero-order valence-electron chi connectivity index (χ0n) is 18.5. The van der Waals surface area contributed by atoms with Crippen molar-refractivity contribution in [1.29, 1.82) is 0 Å². The molecule has 0 atom stereocenters. The standard InChI is InChI=1S/C25H31N5O2/c31-22-9-7-20-8-10-23(28-25(20)27-22)32-18-2-1-13-29-14-4-15-30(17-16-29)21-6-3-5-19-11-12-26-24(19)21/h3,5-6,8,10-12,26H,1-2,4,7,9,13-18H2,(H,27,28,31). The quantitative estimate of drug-likeness (QED) is 0.554. The molecule has 2 aliphatic heterocycles. The molecule has 1 saturated heterocycles. The first kappa shape index (κ1) is 20.8. The van der Waals surface area contributed by atoms with Crippen LogP contribution in [0.4, 0.5) is 11.5 Å². The van der Waals surface area contributed by atoms with Gasteiger partial charge in [-0.05, 0) is 62.5 Å². The summed E-state index contributed by atoms with van der Waals surface area (Å²) in [5.41, 5.74) is 3.64. The number of benzene rings is 1. The fourth-order valence-electron chi connectivity index (χ4n) is 4.68. The fraction of sp³-hybridized carbons (Fsp3) is 0.440. The average Bonchev–Trinajstić information content (AvgIpc) is 3.17. The lowest BCUT2D eigenvalue weighted by Crippen LogP contribution is -2.31. The molecule has 0 bridgehead atoms. The van der Waals surface area contributed by atoms with Crippen LogP contribution >= 0.6 is 0 Å². The maximum absolute atomic E-state index is 11.6. The Labute approximate surface area is 188 Å². The average molecular weight is 434 g/mol. The van der Waals surface area contributed by atoms with Gasteiger partial charge in [-0.15, -0.1) is 0 Å². The van der Waals surface area contributed by atoms with E-state index in [1.54, 1.807) is 0 Å². The van der Waals surface area contributed by atoms with Gasteiger partial charge in [-0.3, -0.25) is 4.79 Å². The third-order valence-corrected chi connectivity index (χ3v) is 6.45. The maximum Gasteiger partial charge on any atom is 0.225 e. The molecule has 4 heterocycles. The minimum atomic E-state index is 0.0303. The number of hydrogen-bond donors (Lipinski definition) is 2. The molecule has 0 spiro atoms. The molecule has 7 nitrogen and oxygen atoms in total. The fourth-order valence-corrected chi connectivity index (χ4v) is 4.68. The van der Waals surface area contributed by atoms with Gasteiger partial charge in [-0.2, -0.15) is 4.98 Å². The molecule has 0 saturated carbocycles. The minimum absolute atomic E-state index is 0.0303. The van der Waals surface area contributed by atoms with Crippen LogP contribution in [0.5, 0.6) is 5.88 Å². The summed E-state index contributed by atoms with van der Waals surface area (Å²) >= 11 is 0. The van der Waals surface area contributed by atoms with Crippen LogP contribution in [0.15, 0.2) is 42.6 Å². The van der Waals surface area contributed by atoms with E-state index < -0.39 is 0 Å². The summed E-state index contributed by atoms with van der Waals surface area (Å²) in [6.07, 6.45) is 6.59. The molecular weight excluding hydrogens is 402 g/mol. The molecule has 1 amide bonds. The lowest BCUT2D eigenvalue weighted by molar-refractivity contribution is -0.116. The number of H-pyrrole nitrogens is 1. The van der Waals surface area contributed by atoms with Crippen molar-refractivity contribution < 1.29 is 9.53 Å². The summed E-state index contributed by atoms with van der Waals surface area (Å²) in [5, 5.41) is 4.11. The molecule has 3 aromatic rings. The Morgan fingerprint density at radius 2 is 1.97 bits per heavy atom. The summed E-state index contributed by atoms with van der Waals surface area (Å²) in [5.74, 6) is 1.28. The number of nitrogens with zero attached hydrogens (tertiary/aromatic N) is 3. The highest BCUT2D eigenvalue weighted by molar-refractivity contribution is 5.93. The second-order valence-corrected chi connectivity index (χ2v) is 8.66. The SMILES string of the molecule is O=C1CCc2ccc(OCCCCN3CCCN(c4cccc5cc[nH]c45)CC3)nc2N1. The van der Waals surface area contributed by atoms with E-state index in [0.29, 0.717) is 24.7 Å². The zero-order chi connectivity index (χ0) is 21.8. The Balaban J connectivity index is 1.06. The number of pyridine rings is 1. The highest BCUT2D eigenvalue weighted by atomic mass is 16.5. The minimum Gasteiger partial charge on any atom is -0.478 e. The predicted octanol–water partition coefficient (Wildman–Crippen LogP) is 3.82. The topological polar surface area (TPSA) is 73.5 Å². The van der Waals surface area contributed by atoms with Gasteiger partial charge in [0, 0.05) is 43.7 Å². The first-order valence-corrected chi connectivity index (χ1v) is 11.7. The number of anilines is 2. The van der Waals surface area contributed by atoms with Crippen molar-refractivity contribution in [2.45, 2.75) is 32.1 Å². The van der Waals surface area contributed by atoms with Crippen LogP contribution in [0.1, 0.15) is 31.2 Å². The van der Waals surface area contributed by atoms with Crippen LogP contribution < -0.4 is 15.0 Å². The van der Waals surface area contributed by atoms with Gasteiger partial charge in [-0.1, -0.05) is 12.1 Å². The summed E-state index contributed by atoms with van der Waals surface area (Å²) in [6.45, 7) is 6.12. The van der Waals surface area contributed by atoms with Gasteiger partial charge in [0.25, 0.3) is 0 Å². The highest BCUT2D eigenvalue weighted by Gasteiger charge is 2.18. The van der Waals surface area contributed by atoms with Gasteiger partial charge in [0.05, 0.1) is 17.8 Å². The number of hydrogen-bond acceptors (Lipinski definition) is 5. The van der Waals surface area contributed by atoms with E-state index in [2.05, 4.69) is 49.4 Å².